The molecule has 0 aliphatic heterocycles. The maximum Gasteiger partial charge on any atom is 0.287 e. The van der Waals surface area contributed by atoms with E-state index in [0.717, 1.165) is 12.8 Å². The molecule has 1 heterocycles. The highest BCUT2D eigenvalue weighted by molar-refractivity contribution is 5.28. The van der Waals surface area contributed by atoms with Crippen molar-refractivity contribution in [1.29, 1.82) is 0 Å². The number of hydrogen-bond acceptors (Lipinski definition) is 5. The summed E-state index contributed by atoms with van der Waals surface area (Å²) in [6, 6.07) is 2.95. The van der Waals surface area contributed by atoms with Crippen LogP contribution < -0.4 is 10.5 Å². The Balaban J connectivity index is 1.88. The first-order chi connectivity index (χ1) is 9.20. The van der Waals surface area contributed by atoms with Gasteiger partial charge >= 0.3 is 0 Å². The fourth-order valence-electron chi connectivity index (χ4n) is 2.57. The molecule has 1 saturated carbocycles. The smallest absolute Gasteiger partial charge is 0.287 e. The Bertz CT molecular complexity index is 422. The minimum absolute atomic E-state index is 0.0233. The van der Waals surface area contributed by atoms with Crippen LogP contribution in [0.1, 0.15) is 25.7 Å². The van der Waals surface area contributed by atoms with Gasteiger partial charge in [0.15, 0.2) is 0 Å². The van der Waals surface area contributed by atoms with Crippen molar-refractivity contribution in [3.8, 4) is 5.88 Å². The average Bonchev–Trinajstić information content (AvgIpc) is 2.45. The van der Waals surface area contributed by atoms with Gasteiger partial charge in [-0.05, 0) is 31.2 Å². The number of pyridine rings is 1. The summed E-state index contributed by atoms with van der Waals surface area (Å²) in [5.74, 6) is 1.43. The molecule has 1 aliphatic carbocycles. The second kappa shape index (κ2) is 6.47. The molecule has 0 spiro atoms. The van der Waals surface area contributed by atoms with Gasteiger partial charge in [-0.1, -0.05) is 12.8 Å². The lowest BCUT2D eigenvalue weighted by Gasteiger charge is -2.30. The van der Waals surface area contributed by atoms with E-state index in [0.29, 0.717) is 30.9 Å². The van der Waals surface area contributed by atoms with Crippen LogP contribution in [0.4, 0.5) is 5.69 Å². The van der Waals surface area contributed by atoms with E-state index in [1.165, 1.54) is 25.1 Å². The molecule has 1 aliphatic rings. The topological polar surface area (TPSA) is 91.3 Å². The summed E-state index contributed by atoms with van der Waals surface area (Å²) in [5.41, 5.74) is 5.75. The zero-order valence-corrected chi connectivity index (χ0v) is 10.8. The fourth-order valence-corrected chi connectivity index (χ4v) is 2.57. The van der Waals surface area contributed by atoms with Crippen LogP contribution in [0.2, 0.25) is 0 Å². The van der Waals surface area contributed by atoms with Gasteiger partial charge < -0.3 is 10.5 Å². The molecule has 19 heavy (non-hydrogen) atoms. The largest absolute Gasteiger partial charge is 0.477 e. The molecular formula is C13H19N3O3. The number of rotatable bonds is 5. The van der Waals surface area contributed by atoms with Crippen molar-refractivity contribution in [2.75, 3.05) is 13.2 Å². The van der Waals surface area contributed by atoms with E-state index < -0.39 is 4.92 Å². The van der Waals surface area contributed by atoms with Crippen LogP contribution >= 0.6 is 0 Å². The molecule has 0 amide bonds. The van der Waals surface area contributed by atoms with Crippen molar-refractivity contribution in [2.45, 2.75) is 25.7 Å². The molecule has 2 N–H and O–H groups in total. The summed E-state index contributed by atoms with van der Waals surface area (Å²) in [6.45, 7) is 1.29. The molecule has 1 aromatic heterocycles. The Hall–Kier alpha value is -1.69. The number of ether oxygens (including phenoxy) is 1. The summed E-state index contributed by atoms with van der Waals surface area (Å²) in [4.78, 5) is 14.0. The second-order valence-corrected chi connectivity index (χ2v) is 4.96. The maximum atomic E-state index is 10.5. The SMILES string of the molecule is NCC1CCCCC1COc1ccc([N+](=O)[O-])cn1. The minimum Gasteiger partial charge on any atom is -0.477 e. The molecule has 0 bridgehead atoms. The van der Waals surface area contributed by atoms with Crippen LogP contribution in [0.5, 0.6) is 5.88 Å². The third-order valence-electron chi connectivity index (χ3n) is 3.75. The Kier molecular flexibility index (Phi) is 4.68. The lowest BCUT2D eigenvalue weighted by atomic mass is 9.80. The molecule has 0 radical (unpaired) electrons. The van der Waals surface area contributed by atoms with E-state index in [4.69, 9.17) is 10.5 Å². The van der Waals surface area contributed by atoms with Gasteiger partial charge in [0, 0.05) is 12.1 Å². The summed E-state index contributed by atoms with van der Waals surface area (Å²) in [6.07, 6.45) is 5.98. The Morgan fingerprint density at radius 2 is 2.11 bits per heavy atom. The first kappa shape index (κ1) is 13.7. The Morgan fingerprint density at radius 1 is 1.37 bits per heavy atom. The monoisotopic (exact) mass is 265 g/mol. The van der Waals surface area contributed by atoms with E-state index in [1.807, 2.05) is 0 Å². The van der Waals surface area contributed by atoms with Gasteiger partial charge in [0.1, 0.15) is 6.20 Å². The van der Waals surface area contributed by atoms with Gasteiger partial charge in [0.2, 0.25) is 5.88 Å². The normalized spacial score (nSPS) is 23.0. The molecule has 2 unspecified atom stereocenters. The lowest BCUT2D eigenvalue weighted by molar-refractivity contribution is -0.385. The Labute approximate surface area is 112 Å². The van der Waals surface area contributed by atoms with Crippen LogP contribution in [-0.4, -0.2) is 23.1 Å². The van der Waals surface area contributed by atoms with Gasteiger partial charge in [-0.3, -0.25) is 10.1 Å². The van der Waals surface area contributed by atoms with Crippen LogP contribution in [-0.2, 0) is 0 Å². The van der Waals surface area contributed by atoms with Crippen molar-refractivity contribution in [1.82, 2.24) is 4.98 Å². The minimum atomic E-state index is -0.470. The quantitative estimate of drug-likeness (QED) is 0.650. The van der Waals surface area contributed by atoms with Crippen LogP contribution in [0.15, 0.2) is 18.3 Å². The molecule has 2 atom stereocenters. The van der Waals surface area contributed by atoms with E-state index in [-0.39, 0.29) is 5.69 Å². The highest BCUT2D eigenvalue weighted by atomic mass is 16.6. The summed E-state index contributed by atoms with van der Waals surface area (Å²) < 4.78 is 5.62. The number of hydrogen-bond donors (Lipinski definition) is 1. The zero-order chi connectivity index (χ0) is 13.7. The van der Waals surface area contributed by atoms with Crippen LogP contribution in [0, 0.1) is 22.0 Å². The van der Waals surface area contributed by atoms with E-state index in [2.05, 4.69) is 4.98 Å². The molecule has 1 aromatic rings. The molecule has 0 aromatic carbocycles. The molecule has 104 valence electrons. The summed E-state index contributed by atoms with van der Waals surface area (Å²) in [7, 11) is 0. The average molecular weight is 265 g/mol. The number of nitrogens with zero attached hydrogens (tertiary/aromatic N) is 2. The first-order valence-corrected chi connectivity index (χ1v) is 6.64. The standard InChI is InChI=1S/C13H19N3O3/c14-7-10-3-1-2-4-11(10)9-19-13-6-5-12(8-15-13)16(17)18/h5-6,8,10-11H,1-4,7,9,14H2. The highest BCUT2D eigenvalue weighted by Crippen LogP contribution is 2.29. The van der Waals surface area contributed by atoms with Gasteiger partial charge in [-0.2, -0.15) is 0 Å². The lowest BCUT2D eigenvalue weighted by Crippen LogP contribution is -2.30. The van der Waals surface area contributed by atoms with Crippen molar-refractivity contribution in [2.24, 2.45) is 17.6 Å². The number of aromatic nitrogens is 1. The maximum absolute atomic E-state index is 10.5. The molecule has 6 nitrogen and oxygen atoms in total. The van der Waals surface area contributed by atoms with Gasteiger partial charge in [0.05, 0.1) is 11.5 Å². The van der Waals surface area contributed by atoms with Crippen LogP contribution in [0.3, 0.4) is 0 Å². The first-order valence-electron chi connectivity index (χ1n) is 6.64. The fraction of sp³-hybridized carbons (Fsp3) is 0.615. The van der Waals surface area contributed by atoms with Gasteiger partial charge in [0.25, 0.3) is 5.69 Å². The van der Waals surface area contributed by atoms with Crippen molar-refractivity contribution in [3.63, 3.8) is 0 Å². The Morgan fingerprint density at radius 3 is 2.68 bits per heavy atom. The van der Waals surface area contributed by atoms with E-state index in [9.17, 15) is 10.1 Å². The van der Waals surface area contributed by atoms with Gasteiger partial charge in [-0.15, -0.1) is 0 Å². The summed E-state index contributed by atoms with van der Waals surface area (Å²) in [5, 5.41) is 10.5. The van der Waals surface area contributed by atoms with Crippen LogP contribution in [0.25, 0.3) is 0 Å². The van der Waals surface area contributed by atoms with Crippen molar-refractivity contribution < 1.29 is 9.66 Å². The highest BCUT2D eigenvalue weighted by Gasteiger charge is 2.24. The molecule has 0 saturated heterocycles. The zero-order valence-electron chi connectivity index (χ0n) is 10.8. The summed E-state index contributed by atoms with van der Waals surface area (Å²) >= 11 is 0. The molecule has 1 fully saturated rings. The predicted octanol–water partition coefficient (Wildman–Crippen LogP) is 2.13. The predicted molar refractivity (Wildman–Crippen MR) is 70.9 cm³/mol. The third kappa shape index (κ3) is 3.64. The number of nitrogens with two attached hydrogens (primary N) is 1. The van der Waals surface area contributed by atoms with E-state index >= 15 is 0 Å². The van der Waals surface area contributed by atoms with Crippen molar-refractivity contribution >= 4 is 5.69 Å². The van der Waals surface area contributed by atoms with E-state index in [1.54, 1.807) is 6.07 Å². The molecule has 2 rings (SSSR count). The second-order valence-electron chi connectivity index (χ2n) is 4.96. The van der Waals surface area contributed by atoms with Gasteiger partial charge in [-0.25, -0.2) is 4.98 Å². The third-order valence-corrected chi connectivity index (χ3v) is 3.75. The van der Waals surface area contributed by atoms with Crippen molar-refractivity contribution in [3.05, 3.63) is 28.4 Å². The molecule has 6 heteroatoms. The molecular weight excluding hydrogens is 246 g/mol. The number of nitro groups is 1.